The molecule has 2 N–H and O–H groups in total. The number of rotatable bonds is 4. The van der Waals surface area contributed by atoms with Crippen molar-refractivity contribution in [1.82, 2.24) is 0 Å². The third kappa shape index (κ3) is 3.16. The largest absolute Gasteiger partial charge is 0.389 e. The van der Waals surface area contributed by atoms with E-state index in [4.69, 9.17) is 33.8 Å². The van der Waals surface area contributed by atoms with Crippen LogP contribution in [0.3, 0.4) is 0 Å². The third-order valence-corrected chi connectivity index (χ3v) is 3.81. The van der Waals surface area contributed by atoms with Crippen LogP contribution in [0.25, 0.3) is 0 Å². The predicted molar refractivity (Wildman–Crippen MR) is 76.3 cm³/mol. The van der Waals surface area contributed by atoms with Crippen LogP contribution in [0.1, 0.15) is 10.4 Å². The third-order valence-electron chi connectivity index (χ3n) is 2.21. The molecule has 0 aliphatic heterocycles. The minimum Gasteiger partial charge on any atom is -0.389 e. The number of benzene rings is 1. The number of nitrogens with zero attached hydrogens (tertiary/aromatic N) is 1. The van der Waals surface area contributed by atoms with E-state index >= 15 is 0 Å². The van der Waals surface area contributed by atoms with E-state index in [9.17, 15) is 0 Å². The van der Waals surface area contributed by atoms with Gasteiger partial charge in [0.15, 0.2) is 5.84 Å². The maximum absolute atomic E-state index is 6.00. The summed E-state index contributed by atoms with van der Waals surface area (Å²) in [5.41, 5.74) is 6.45. The standard InChI is InChI=1S/C12H10Cl2N2OS/c13-9-3-1-4-10(14)8(9)7-17-16-12(15)11-5-2-6-18-11/h1-6H,7H2,(H2,15,16). The van der Waals surface area contributed by atoms with Gasteiger partial charge in [-0.15, -0.1) is 11.3 Å². The van der Waals surface area contributed by atoms with Crippen LogP contribution in [-0.4, -0.2) is 5.84 Å². The van der Waals surface area contributed by atoms with Gasteiger partial charge in [-0.3, -0.25) is 0 Å². The fraction of sp³-hybridized carbons (Fsp3) is 0.0833. The molecule has 0 unspecified atom stereocenters. The average molecular weight is 301 g/mol. The van der Waals surface area contributed by atoms with E-state index in [-0.39, 0.29) is 6.61 Å². The van der Waals surface area contributed by atoms with E-state index in [0.29, 0.717) is 21.4 Å². The van der Waals surface area contributed by atoms with Crippen molar-refractivity contribution >= 4 is 40.4 Å². The number of nitrogens with two attached hydrogens (primary N) is 1. The number of hydrogen-bond donors (Lipinski definition) is 1. The van der Waals surface area contributed by atoms with Crippen LogP contribution in [-0.2, 0) is 11.4 Å². The van der Waals surface area contributed by atoms with Gasteiger partial charge in [0.25, 0.3) is 0 Å². The number of amidine groups is 1. The number of hydrogen-bond acceptors (Lipinski definition) is 3. The lowest BCUT2D eigenvalue weighted by atomic mass is 10.2. The molecular weight excluding hydrogens is 291 g/mol. The number of thiophene rings is 1. The molecule has 1 aromatic heterocycles. The van der Waals surface area contributed by atoms with Crippen molar-refractivity contribution in [2.24, 2.45) is 10.9 Å². The van der Waals surface area contributed by atoms with Crippen molar-refractivity contribution in [1.29, 1.82) is 0 Å². The molecule has 0 saturated heterocycles. The summed E-state index contributed by atoms with van der Waals surface area (Å²) in [4.78, 5) is 6.03. The Morgan fingerprint density at radius 2 is 1.94 bits per heavy atom. The molecule has 0 aliphatic carbocycles. The molecule has 18 heavy (non-hydrogen) atoms. The average Bonchev–Trinajstić information content (AvgIpc) is 2.86. The van der Waals surface area contributed by atoms with Gasteiger partial charge in [0.05, 0.1) is 4.88 Å². The smallest absolute Gasteiger partial charge is 0.180 e. The number of oxime groups is 1. The van der Waals surface area contributed by atoms with E-state index in [0.717, 1.165) is 4.88 Å². The van der Waals surface area contributed by atoms with Gasteiger partial charge in [-0.1, -0.05) is 40.5 Å². The summed E-state index contributed by atoms with van der Waals surface area (Å²) in [7, 11) is 0. The van der Waals surface area contributed by atoms with Crippen molar-refractivity contribution in [2.75, 3.05) is 0 Å². The molecular formula is C12H10Cl2N2OS. The van der Waals surface area contributed by atoms with Crippen molar-refractivity contribution in [3.05, 3.63) is 56.2 Å². The SMILES string of the molecule is N/C(=N\OCc1c(Cl)cccc1Cl)c1cccs1. The molecule has 1 heterocycles. The summed E-state index contributed by atoms with van der Waals surface area (Å²) in [6.45, 7) is 0.185. The molecule has 94 valence electrons. The zero-order chi connectivity index (χ0) is 13.0. The van der Waals surface area contributed by atoms with E-state index in [1.165, 1.54) is 11.3 Å². The summed E-state index contributed by atoms with van der Waals surface area (Å²) in [6, 6.07) is 9.04. The Labute approximate surface area is 119 Å². The summed E-state index contributed by atoms with van der Waals surface area (Å²) >= 11 is 13.5. The Bertz CT molecular complexity index is 535. The van der Waals surface area contributed by atoms with Gasteiger partial charge in [0, 0.05) is 15.6 Å². The van der Waals surface area contributed by atoms with Gasteiger partial charge in [-0.05, 0) is 23.6 Å². The minimum atomic E-state index is 0.185. The zero-order valence-electron chi connectivity index (χ0n) is 9.27. The molecule has 0 saturated carbocycles. The molecule has 0 radical (unpaired) electrons. The predicted octanol–water partition coefficient (Wildman–Crippen LogP) is 3.89. The maximum atomic E-state index is 6.00. The van der Waals surface area contributed by atoms with Crippen LogP contribution in [0, 0.1) is 0 Å². The van der Waals surface area contributed by atoms with Crippen molar-refractivity contribution in [3.8, 4) is 0 Å². The molecule has 6 heteroatoms. The Hall–Kier alpha value is -1.23. The summed E-state index contributed by atoms with van der Waals surface area (Å²) in [5, 5.41) is 6.85. The topological polar surface area (TPSA) is 47.6 Å². The first-order valence-electron chi connectivity index (χ1n) is 5.10. The lowest BCUT2D eigenvalue weighted by Gasteiger charge is -2.05. The molecule has 0 atom stereocenters. The maximum Gasteiger partial charge on any atom is 0.180 e. The molecule has 2 aromatic rings. The second-order valence-corrected chi connectivity index (χ2v) is 5.19. The lowest BCUT2D eigenvalue weighted by Crippen LogP contribution is -2.12. The van der Waals surface area contributed by atoms with Gasteiger partial charge in [0.2, 0.25) is 0 Å². The Balaban J connectivity index is 2.02. The highest BCUT2D eigenvalue weighted by atomic mass is 35.5. The van der Waals surface area contributed by atoms with Gasteiger partial charge in [0.1, 0.15) is 6.61 Å². The van der Waals surface area contributed by atoms with Gasteiger partial charge < -0.3 is 10.6 Å². The Morgan fingerprint density at radius 3 is 2.56 bits per heavy atom. The summed E-state index contributed by atoms with van der Waals surface area (Å²) in [5.74, 6) is 0.341. The Kier molecular flexibility index (Phi) is 4.47. The molecule has 2 rings (SSSR count). The first-order valence-corrected chi connectivity index (χ1v) is 6.74. The second-order valence-electron chi connectivity index (χ2n) is 3.43. The normalized spacial score (nSPS) is 11.6. The second kappa shape index (κ2) is 6.09. The van der Waals surface area contributed by atoms with Crippen LogP contribution in [0.4, 0.5) is 0 Å². The lowest BCUT2D eigenvalue weighted by molar-refractivity contribution is 0.130. The number of halogens is 2. The van der Waals surface area contributed by atoms with Crippen molar-refractivity contribution < 1.29 is 4.84 Å². The van der Waals surface area contributed by atoms with E-state index in [1.54, 1.807) is 18.2 Å². The van der Waals surface area contributed by atoms with Gasteiger partial charge in [-0.25, -0.2) is 0 Å². The fourth-order valence-corrected chi connectivity index (χ4v) is 2.43. The summed E-state index contributed by atoms with van der Waals surface area (Å²) in [6.07, 6.45) is 0. The van der Waals surface area contributed by atoms with Crippen molar-refractivity contribution in [2.45, 2.75) is 6.61 Å². The van der Waals surface area contributed by atoms with Crippen LogP contribution in [0.15, 0.2) is 40.9 Å². The van der Waals surface area contributed by atoms with Crippen LogP contribution >= 0.6 is 34.5 Å². The molecule has 0 spiro atoms. The molecule has 0 fully saturated rings. The highest BCUT2D eigenvalue weighted by Crippen LogP contribution is 2.24. The molecule has 0 aliphatic rings. The minimum absolute atomic E-state index is 0.185. The highest BCUT2D eigenvalue weighted by Gasteiger charge is 2.06. The van der Waals surface area contributed by atoms with E-state index in [1.807, 2.05) is 17.5 Å². The van der Waals surface area contributed by atoms with E-state index < -0.39 is 0 Å². The molecule has 0 bridgehead atoms. The van der Waals surface area contributed by atoms with Crippen LogP contribution in [0.5, 0.6) is 0 Å². The van der Waals surface area contributed by atoms with E-state index in [2.05, 4.69) is 5.16 Å². The molecule has 0 amide bonds. The van der Waals surface area contributed by atoms with Gasteiger partial charge >= 0.3 is 0 Å². The highest BCUT2D eigenvalue weighted by molar-refractivity contribution is 7.12. The van der Waals surface area contributed by atoms with Gasteiger partial charge in [-0.2, -0.15) is 0 Å². The summed E-state index contributed by atoms with van der Waals surface area (Å²) < 4.78 is 0. The Morgan fingerprint density at radius 1 is 1.22 bits per heavy atom. The van der Waals surface area contributed by atoms with Crippen molar-refractivity contribution in [3.63, 3.8) is 0 Å². The zero-order valence-corrected chi connectivity index (χ0v) is 11.6. The molecule has 3 nitrogen and oxygen atoms in total. The first-order chi connectivity index (χ1) is 8.68. The quantitative estimate of drug-likeness (QED) is 0.529. The monoisotopic (exact) mass is 300 g/mol. The molecule has 1 aromatic carbocycles. The van der Waals surface area contributed by atoms with Crippen LogP contribution < -0.4 is 5.73 Å². The van der Waals surface area contributed by atoms with Crippen LogP contribution in [0.2, 0.25) is 10.0 Å². The first kappa shape index (κ1) is 13.2. The fourth-order valence-electron chi connectivity index (χ4n) is 1.31.